The minimum absolute atomic E-state index is 0.00571. The number of ether oxygens (including phenoxy) is 1. The first-order chi connectivity index (χ1) is 15.6. The number of H-pyrrole nitrogens is 1. The summed E-state index contributed by atoms with van der Waals surface area (Å²) in [6.07, 6.45) is 2.41. The Morgan fingerprint density at radius 3 is 2.76 bits per heavy atom. The molecule has 1 saturated carbocycles. The van der Waals surface area contributed by atoms with Crippen LogP contribution >= 0.6 is 11.6 Å². The number of likely N-dealkylation sites (tertiary alicyclic amines) is 1. The highest BCUT2D eigenvalue weighted by Crippen LogP contribution is 2.48. The SMILES string of the molecule is CC(C)(C)OC(=O)N1[C@@H]2C[C@@H]2C[C@H]1C(=O)Nc1cccc(-c2ccc3[nH]cnc3c2Cl)c1F. The Hall–Kier alpha value is -3.13. The molecule has 2 aromatic carbocycles. The van der Waals surface area contributed by atoms with Crippen LogP contribution in [0.3, 0.4) is 0 Å². The van der Waals surface area contributed by atoms with Crippen LogP contribution in [0.2, 0.25) is 5.02 Å². The molecule has 0 bridgehead atoms. The summed E-state index contributed by atoms with van der Waals surface area (Å²) in [6.45, 7) is 5.35. The van der Waals surface area contributed by atoms with Gasteiger partial charge in [0.1, 0.15) is 17.2 Å². The molecule has 3 aromatic rings. The van der Waals surface area contributed by atoms with Gasteiger partial charge in [0, 0.05) is 17.2 Å². The average molecular weight is 471 g/mol. The first-order valence-electron chi connectivity index (χ1n) is 10.9. The van der Waals surface area contributed by atoms with Crippen LogP contribution in [0.5, 0.6) is 0 Å². The summed E-state index contributed by atoms with van der Waals surface area (Å²) < 4.78 is 21.0. The molecule has 0 spiro atoms. The maximum atomic E-state index is 15.5. The van der Waals surface area contributed by atoms with Crippen LogP contribution in [0, 0.1) is 11.7 Å². The largest absolute Gasteiger partial charge is 0.444 e. The number of carbonyl (C=O) groups excluding carboxylic acids is 2. The Morgan fingerprint density at radius 2 is 2.00 bits per heavy atom. The number of fused-ring (bicyclic) bond motifs is 2. The zero-order chi connectivity index (χ0) is 23.5. The van der Waals surface area contributed by atoms with E-state index in [1.54, 1.807) is 45.0 Å². The van der Waals surface area contributed by atoms with Crippen molar-refractivity contribution in [3.8, 4) is 11.1 Å². The number of hydrogen-bond donors (Lipinski definition) is 2. The summed E-state index contributed by atoms with van der Waals surface area (Å²) in [7, 11) is 0. The van der Waals surface area contributed by atoms with E-state index in [2.05, 4.69) is 15.3 Å². The lowest BCUT2D eigenvalue weighted by Crippen LogP contribution is -2.47. The maximum absolute atomic E-state index is 15.5. The van der Waals surface area contributed by atoms with Gasteiger partial charge in [-0.15, -0.1) is 0 Å². The summed E-state index contributed by atoms with van der Waals surface area (Å²) in [6, 6.07) is 7.53. The number of amides is 2. The number of aromatic amines is 1. The van der Waals surface area contributed by atoms with E-state index in [-0.39, 0.29) is 23.2 Å². The van der Waals surface area contributed by atoms with Gasteiger partial charge in [0.2, 0.25) is 5.91 Å². The molecule has 2 fully saturated rings. The predicted octanol–water partition coefficient (Wildman–Crippen LogP) is 5.36. The van der Waals surface area contributed by atoms with Gasteiger partial charge in [-0.2, -0.15) is 0 Å². The number of benzene rings is 2. The van der Waals surface area contributed by atoms with E-state index in [0.29, 0.717) is 22.5 Å². The molecule has 2 aliphatic rings. The van der Waals surface area contributed by atoms with Crippen molar-refractivity contribution >= 4 is 40.3 Å². The van der Waals surface area contributed by atoms with E-state index in [1.165, 1.54) is 17.3 Å². The van der Waals surface area contributed by atoms with E-state index in [9.17, 15) is 9.59 Å². The summed E-state index contributed by atoms with van der Waals surface area (Å²) in [5, 5.41) is 3.00. The number of carbonyl (C=O) groups is 2. The van der Waals surface area contributed by atoms with Crippen molar-refractivity contribution in [1.29, 1.82) is 0 Å². The first kappa shape index (κ1) is 21.7. The van der Waals surface area contributed by atoms with E-state index in [1.807, 2.05) is 0 Å². The van der Waals surface area contributed by atoms with Crippen molar-refractivity contribution in [1.82, 2.24) is 14.9 Å². The molecule has 0 unspecified atom stereocenters. The maximum Gasteiger partial charge on any atom is 0.411 e. The van der Waals surface area contributed by atoms with E-state index in [4.69, 9.17) is 16.3 Å². The molecule has 1 aliphatic heterocycles. The smallest absolute Gasteiger partial charge is 0.411 e. The fourth-order valence-electron chi connectivity index (χ4n) is 4.50. The second-order valence-electron chi connectivity index (χ2n) is 9.58. The van der Waals surface area contributed by atoms with Gasteiger partial charge >= 0.3 is 6.09 Å². The molecule has 9 heteroatoms. The first-order valence-corrected chi connectivity index (χ1v) is 11.2. The van der Waals surface area contributed by atoms with Gasteiger partial charge in [-0.25, -0.2) is 14.2 Å². The summed E-state index contributed by atoms with van der Waals surface area (Å²) in [4.78, 5) is 34.5. The number of piperidine rings is 1. The Bertz CT molecular complexity index is 1270. The Labute approximate surface area is 195 Å². The van der Waals surface area contributed by atoms with Crippen LogP contribution in [0.15, 0.2) is 36.7 Å². The van der Waals surface area contributed by atoms with Crippen LogP contribution in [-0.2, 0) is 9.53 Å². The minimum atomic E-state index is -0.698. The molecule has 0 radical (unpaired) electrons. The summed E-state index contributed by atoms with van der Waals surface area (Å²) in [5.41, 5.74) is 1.38. The second-order valence-corrected chi connectivity index (χ2v) is 9.96. The number of aromatic nitrogens is 2. The van der Waals surface area contributed by atoms with E-state index in [0.717, 1.165) is 11.9 Å². The lowest BCUT2D eigenvalue weighted by atomic mass is 10.0. The quantitative estimate of drug-likeness (QED) is 0.539. The molecule has 1 saturated heterocycles. The Kier molecular flexibility index (Phi) is 5.08. The third-order valence-electron chi connectivity index (χ3n) is 6.09. The number of imidazole rings is 1. The van der Waals surface area contributed by atoms with Gasteiger partial charge < -0.3 is 15.0 Å². The van der Waals surface area contributed by atoms with Crippen LogP contribution < -0.4 is 5.32 Å². The monoisotopic (exact) mass is 470 g/mol. The molecule has 172 valence electrons. The molecule has 2 amide bonds. The lowest BCUT2D eigenvalue weighted by Gasteiger charge is -2.30. The van der Waals surface area contributed by atoms with E-state index < -0.39 is 29.5 Å². The zero-order valence-electron chi connectivity index (χ0n) is 18.5. The topological polar surface area (TPSA) is 87.3 Å². The van der Waals surface area contributed by atoms with Gasteiger partial charge in [-0.05, 0) is 51.7 Å². The van der Waals surface area contributed by atoms with Crippen LogP contribution in [-0.4, -0.2) is 44.6 Å². The average Bonchev–Trinajstić information content (AvgIpc) is 3.16. The standard InChI is InChI=1S/C24H24ClFN4O3/c1-24(2,3)33-23(32)30-17-9-12(17)10-18(30)22(31)29-15-6-4-5-14(20(15)26)13-7-8-16-21(19(13)25)28-11-27-16/h4-8,11-12,17-18H,9-10H2,1-3H3,(H,27,28)(H,29,31)/t12-,17-,18+/m1/s1. The molecular weight excluding hydrogens is 447 g/mol. The number of halogens is 2. The number of rotatable bonds is 3. The number of anilines is 1. The summed E-state index contributed by atoms with van der Waals surface area (Å²) in [5.74, 6) is -0.753. The lowest BCUT2D eigenvalue weighted by molar-refractivity contribution is -0.121. The van der Waals surface area contributed by atoms with Gasteiger partial charge in [0.25, 0.3) is 0 Å². The molecule has 1 aromatic heterocycles. The molecule has 2 heterocycles. The fraction of sp³-hybridized carbons (Fsp3) is 0.375. The minimum Gasteiger partial charge on any atom is -0.444 e. The predicted molar refractivity (Wildman–Crippen MR) is 124 cm³/mol. The highest BCUT2D eigenvalue weighted by molar-refractivity contribution is 6.37. The molecule has 3 atom stereocenters. The van der Waals surface area contributed by atoms with E-state index >= 15 is 4.39 Å². The summed E-state index contributed by atoms with van der Waals surface area (Å²) >= 11 is 6.48. The van der Waals surface area contributed by atoms with Crippen molar-refractivity contribution < 1.29 is 18.7 Å². The number of nitrogens with one attached hydrogen (secondary N) is 2. The molecule has 2 N–H and O–H groups in total. The third-order valence-corrected chi connectivity index (χ3v) is 6.47. The van der Waals surface area contributed by atoms with Crippen LogP contribution in [0.4, 0.5) is 14.9 Å². The van der Waals surface area contributed by atoms with Gasteiger partial charge in [0.15, 0.2) is 5.82 Å². The van der Waals surface area contributed by atoms with Gasteiger partial charge in [0.05, 0.1) is 22.6 Å². The third kappa shape index (κ3) is 3.93. The highest BCUT2D eigenvalue weighted by atomic mass is 35.5. The fourth-order valence-corrected chi connectivity index (χ4v) is 4.82. The van der Waals surface area contributed by atoms with Crippen molar-refractivity contribution in [2.24, 2.45) is 5.92 Å². The van der Waals surface area contributed by atoms with Crippen molar-refractivity contribution in [3.05, 3.63) is 47.5 Å². The molecule has 7 nitrogen and oxygen atoms in total. The van der Waals surface area contributed by atoms with Crippen LogP contribution in [0.1, 0.15) is 33.6 Å². The van der Waals surface area contributed by atoms with Gasteiger partial charge in [-0.1, -0.05) is 29.8 Å². The number of nitrogens with zero attached hydrogens (tertiary/aromatic N) is 2. The number of hydrogen-bond acceptors (Lipinski definition) is 4. The normalized spacial score (nSPS) is 21.7. The van der Waals surface area contributed by atoms with Crippen molar-refractivity contribution in [2.45, 2.75) is 51.3 Å². The molecular formula is C24H24ClFN4O3. The van der Waals surface area contributed by atoms with Crippen molar-refractivity contribution in [3.63, 3.8) is 0 Å². The van der Waals surface area contributed by atoms with Crippen LogP contribution in [0.25, 0.3) is 22.2 Å². The molecule has 1 aliphatic carbocycles. The highest BCUT2D eigenvalue weighted by Gasteiger charge is 2.57. The van der Waals surface area contributed by atoms with Gasteiger partial charge in [-0.3, -0.25) is 9.69 Å². The molecule has 33 heavy (non-hydrogen) atoms. The zero-order valence-corrected chi connectivity index (χ0v) is 19.2. The van der Waals surface area contributed by atoms with Crippen molar-refractivity contribution in [2.75, 3.05) is 5.32 Å². The Morgan fingerprint density at radius 1 is 1.21 bits per heavy atom. The molecule has 5 rings (SSSR count). The second kappa shape index (κ2) is 7.73. The Balaban J connectivity index is 1.40.